The van der Waals surface area contributed by atoms with Crippen LogP contribution in [0.3, 0.4) is 0 Å². The van der Waals surface area contributed by atoms with Crippen LogP contribution in [0, 0.1) is 16.0 Å². The molecule has 3 heterocycles. The fourth-order valence-electron chi connectivity index (χ4n) is 5.12. The van der Waals surface area contributed by atoms with Crippen LogP contribution in [0.15, 0.2) is 79.7 Å². The van der Waals surface area contributed by atoms with Crippen LogP contribution in [0.2, 0.25) is 0 Å². The van der Waals surface area contributed by atoms with Gasteiger partial charge in [0.05, 0.1) is 28.0 Å². The highest BCUT2D eigenvalue weighted by atomic mass is 16.6. The zero-order chi connectivity index (χ0) is 25.3. The summed E-state index contributed by atoms with van der Waals surface area (Å²) in [5.74, 6) is -0.994. The molecule has 10 nitrogen and oxygen atoms in total. The van der Waals surface area contributed by atoms with Crippen molar-refractivity contribution in [2.45, 2.75) is 5.92 Å². The molecule has 0 amide bonds. The van der Waals surface area contributed by atoms with Gasteiger partial charge in [-0.1, -0.05) is 36.4 Å². The van der Waals surface area contributed by atoms with Crippen LogP contribution in [0.1, 0.15) is 33.2 Å². The van der Waals surface area contributed by atoms with Gasteiger partial charge in [-0.05, 0) is 12.1 Å². The largest absolute Gasteiger partial charge is 0.460 e. The lowest BCUT2D eigenvalue weighted by Gasteiger charge is -2.28. The Hall–Kier alpha value is -4.86. The molecule has 0 N–H and O–H groups in total. The van der Waals surface area contributed by atoms with Crippen LogP contribution in [0.4, 0.5) is 11.5 Å². The molecule has 36 heavy (non-hydrogen) atoms. The number of hydrogen-bond acceptors (Lipinski definition) is 7. The topological polar surface area (TPSA) is 130 Å². The summed E-state index contributed by atoms with van der Waals surface area (Å²) in [5, 5.41) is 11.2. The zero-order valence-corrected chi connectivity index (χ0v) is 19.2. The van der Waals surface area contributed by atoms with E-state index in [0.717, 1.165) is 4.57 Å². The Kier molecular flexibility index (Phi) is 4.56. The van der Waals surface area contributed by atoms with Crippen LogP contribution in [0.25, 0.3) is 11.3 Å². The molecule has 0 unspecified atom stereocenters. The van der Waals surface area contributed by atoms with Crippen molar-refractivity contribution in [2.75, 3.05) is 0 Å². The number of ketones is 1. The van der Waals surface area contributed by atoms with Crippen LogP contribution in [-0.4, -0.2) is 25.6 Å². The minimum Gasteiger partial charge on any atom is -0.460 e. The van der Waals surface area contributed by atoms with E-state index in [1.807, 2.05) is 0 Å². The third-order valence-corrected chi connectivity index (χ3v) is 6.86. The Balaban J connectivity index is 1.60. The summed E-state index contributed by atoms with van der Waals surface area (Å²) in [6.07, 6.45) is 0. The van der Waals surface area contributed by atoms with Gasteiger partial charge in [-0.3, -0.25) is 28.8 Å². The Morgan fingerprint density at radius 3 is 2.42 bits per heavy atom. The van der Waals surface area contributed by atoms with E-state index >= 15 is 0 Å². The van der Waals surface area contributed by atoms with Gasteiger partial charge in [-0.25, -0.2) is 9.79 Å². The molecule has 2 aromatic heterocycles. The molecule has 0 spiro atoms. The standard InChI is InChI=1S/C26H18N4O6/c1-28-24-21(25(32)29(2)26(28)33)19(20-22(27-24)15-8-3-4-9-16(15)23(20)31)18-11-10-17(36-18)13-6-5-7-14(12-13)30(34)35/h3-12,19-20H,1-2H3/t19-,20-/m0/s1. The van der Waals surface area contributed by atoms with Crippen LogP contribution < -0.4 is 11.2 Å². The van der Waals surface area contributed by atoms with Crippen molar-refractivity contribution in [3.8, 4) is 11.3 Å². The number of rotatable bonds is 3. The normalized spacial score (nSPS) is 17.8. The van der Waals surface area contributed by atoms with E-state index in [4.69, 9.17) is 4.42 Å². The lowest BCUT2D eigenvalue weighted by Crippen LogP contribution is -2.43. The second-order valence-electron chi connectivity index (χ2n) is 8.81. The molecule has 4 aromatic rings. The first-order valence-electron chi connectivity index (χ1n) is 11.1. The molecule has 1 aliphatic carbocycles. The molecule has 0 saturated heterocycles. The number of nitro groups is 1. The lowest BCUT2D eigenvalue weighted by atomic mass is 9.79. The SMILES string of the molecule is Cn1c2c(c(=O)n(C)c1=O)[C@@H](c1ccc(-c3cccc([N+](=O)[O-])c3)o1)[C@@H]1C(=O)c3ccccc3C1=N2. The highest BCUT2D eigenvalue weighted by molar-refractivity contribution is 6.30. The smallest absolute Gasteiger partial charge is 0.332 e. The third-order valence-electron chi connectivity index (χ3n) is 6.86. The second kappa shape index (κ2) is 7.57. The predicted molar refractivity (Wildman–Crippen MR) is 130 cm³/mol. The van der Waals surface area contributed by atoms with Gasteiger partial charge < -0.3 is 4.42 Å². The fraction of sp³-hybridized carbons (Fsp3) is 0.154. The number of benzene rings is 2. The first kappa shape index (κ1) is 21.7. The first-order valence-corrected chi connectivity index (χ1v) is 11.1. The number of non-ortho nitro benzene ring substituents is 1. The Bertz CT molecular complexity index is 1770. The van der Waals surface area contributed by atoms with E-state index in [1.54, 1.807) is 48.5 Å². The maximum absolute atomic E-state index is 13.6. The summed E-state index contributed by atoms with van der Waals surface area (Å²) in [5.41, 5.74) is 1.11. The van der Waals surface area contributed by atoms with Crippen molar-refractivity contribution in [3.05, 3.63) is 114 Å². The third kappa shape index (κ3) is 2.90. The number of nitrogens with zero attached hydrogens (tertiary/aromatic N) is 4. The summed E-state index contributed by atoms with van der Waals surface area (Å²) < 4.78 is 8.44. The summed E-state index contributed by atoms with van der Waals surface area (Å²) in [6.45, 7) is 0. The highest BCUT2D eigenvalue weighted by Gasteiger charge is 2.49. The second-order valence-corrected chi connectivity index (χ2v) is 8.81. The number of nitro benzene ring substituents is 1. The number of fused-ring (bicyclic) bond motifs is 4. The average molecular weight is 482 g/mol. The number of aromatic nitrogens is 2. The molecule has 6 rings (SSSR count). The number of aliphatic imine (C=N–C) groups is 1. The van der Waals surface area contributed by atoms with E-state index in [9.17, 15) is 24.5 Å². The Labute approximate surface area is 202 Å². The molecule has 0 saturated carbocycles. The van der Waals surface area contributed by atoms with Gasteiger partial charge in [0.15, 0.2) is 5.78 Å². The molecule has 0 bridgehead atoms. The van der Waals surface area contributed by atoms with E-state index in [2.05, 4.69) is 4.99 Å². The van der Waals surface area contributed by atoms with Gasteiger partial charge >= 0.3 is 5.69 Å². The minimum absolute atomic E-state index is 0.0897. The number of carbonyl (C=O) groups is 1. The van der Waals surface area contributed by atoms with Crippen molar-refractivity contribution in [1.29, 1.82) is 0 Å². The molecule has 2 aliphatic rings. The van der Waals surface area contributed by atoms with Crippen molar-refractivity contribution in [2.24, 2.45) is 25.0 Å². The van der Waals surface area contributed by atoms with Gasteiger partial charge in [-0.15, -0.1) is 0 Å². The van der Waals surface area contributed by atoms with Gasteiger partial charge in [0.2, 0.25) is 0 Å². The van der Waals surface area contributed by atoms with Crippen molar-refractivity contribution < 1.29 is 14.1 Å². The molecule has 2 aromatic carbocycles. The number of Topliss-reactive ketones (excluding diaryl/α,β-unsaturated/α-hetero) is 1. The molecule has 0 radical (unpaired) electrons. The summed E-state index contributed by atoms with van der Waals surface area (Å²) >= 11 is 0. The van der Waals surface area contributed by atoms with E-state index in [-0.39, 0.29) is 22.9 Å². The molecule has 1 aliphatic heterocycles. The van der Waals surface area contributed by atoms with Gasteiger partial charge in [0.1, 0.15) is 17.3 Å². The molecule has 178 valence electrons. The first-order chi connectivity index (χ1) is 17.3. The van der Waals surface area contributed by atoms with Crippen LogP contribution in [-0.2, 0) is 14.1 Å². The van der Waals surface area contributed by atoms with Crippen molar-refractivity contribution in [3.63, 3.8) is 0 Å². The summed E-state index contributed by atoms with van der Waals surface area (Å²) in [7, 11) is 2.91. The van der Waals surface area contributed by atoms with E-state index in [1.165, 1.54) is 30.8 Å². The Morgan fingerprint density at radius 2 is 1.67 bits per heavy atom. The molecule has 2 atom stereocenters. The van der Waals surface area contributed by atoms with E-state index < -0.39 is 28.0 Å². The maximum Gasteiger partial charge on any atom is 0.332 e. The number of carbonyl (C=O) groups excluding carboxylic acids is 1. The molecule has 0 fully saturated rings. The fourth-order valence-corrected chi connectivity index (χ4v) is 5.12. The summed E-state index contributed by atoms with van der Waals surface area (Å²) in [6, 6.07) is 16.4. The maximum atomic E-state index is 13.6. The quantitative estimate of drug-likeness (QED) is 0.325. The Morgan fingerprint density at radius 1 is 0.917 bits per heavy atom. The van der Waals surface area contributed by atoms with Crippen LogP contribution in [0.5, 0.6) is 0 Å². The number of hydrogen-bond donors (Lipinski definition) is 0. The molecular formula is C26H18N4O6. The predicted octanol–water partition coefficient (Wildman–Crippen LogP) is 3.33. The minimum atomic E-state index is -0.842. The van der Waals surface area contributed by atoms with Crippen molar-refractivity contribution >= 4 is 23.0 Å². The van der Waals surface area contributed by atoms with E-state index in [0.29, 0.717) is 33.9 Å². The lowest BCUT2D eigenvalue weighted by molar-refractivity contribution is -0.384. The van der Waals surface area contributed by atoms with Gasteiger partial charge in [-0.2, -0.15) is 0 Å². The number of furan rings is 1. The van der Waals surface area contributed by atoms with Gasteiger partial charge in [0.25, 0.3) is 11.2 Å². The highest BCUT2D eigenvalue weighted by Crippen LogP contribution is 2.47. The zero-order valence-electron chi connectivity index (χ0n) is 19.2. The molecular weight excluding hydrogens is 464 g/mol. The monoisotopic (exact) mass is 482 g/mol. The van der Waals surface area contributed by atoms with Gasteiger partial charge in [0, 0.05) is 42.9 Å². The average Bonchev–Trinajstić information content (AvgIpc) is 3.49. The van der Waals surface area contributed by atoms with Crippen molar-refractivity contribution in [1.82, 2.24) is 9.13 Å². The molecule has 10 heteroatoms. The van der Waals surface area contributed by atoms with Crippen LogP contribution >= 0.6 is 0 Å². The summed E-state index contributed by atoms with van der Waals surface area (Å²) in [4.78, 5) is 55.1.